The molecule has 0 bridgehead atoms. The van der Waals surface area contributed by atoms with Crippen LogP contribution in [-0.4, -0.2) is 36.3 Å². The number of piperidine rings is 1. The van der Waals surface area contributed by atoms with Crippen LogP contribution in [0.25, 0.3) is 10.4 Å². The van der Waals surface area contributed by atoms with Gasteiger partial charge in [-0.05, 0) is 61.1 Å². The Morgan fingerprint density at radius 2 is 2.00 bits per heavy atom. The molecule has 2 aromatic rings. The van der Waals surface area contributed by atoms with Gasteiger partial charge in [0.25, 0.3) is 0 Å². The fourth-order valence-corrected chi connectivity index (χ4v) is 5.33. The molecule has 4 rings (SSSR count). The predicted octanol–water partition coefficient (Wildman–Crippen LogP) is 4.36. The van der Waals surface area contributed by atoms with Crippen LogP contribution in [0.5, 0.6) is 0 Å². The lowest BCUT2D eigenvalue weighted by Gasteiger charge is -2.42. The Balaban J connectivity index is 1.54. The zero-order valence-electron chi connectivity index (χ0n) is 17.3. The summed E-state index contributed by atoms with van der Waals surface area (Å²) in [7, 11) is 0. The van der Waals surface area contributed by atoms with Crippen molar-refractivity contribution in [1.82, 2.24) is 10.2 Å². The van der Waals surface area contributed by atoms with Crippen LogP contribution in [0.3, 0.4) is 0 Å². The van der Waals surface area contributed by atoms with Crippen molar-refractivity contribution in [2.45, 2.75) is 39.5 Å². The van der Waals surface area contributed by atoms with E-state index in [0.29, 0.717) is 25.4 Å². The highest BCUT2D eigenvalue weighted by atomic mass is 32.1. The van der Waals surface area contributed by atoms with Gasteiger partial charge in [0.05, 0.1) is 5.41 Å². The van der Waals surface area contributed by atoms with Crippen molar-refractivity contribution >= 4 is 23.2 Å². The van der Waals surface area contributed by atoms with Crippen LogP contribution in [0.1, 0.15) is 38.7 Å². The second kappa shape index (κ2) is 8.31. The Morgan fingerprint density at radius 1 is 1.24 bits per heavy atom. The van der Waals surface area contributed by atoms with Crippen molar-refractivity contribution in [2.24, 2.45) is 17.3 Å². The van der Waals surface area contributed by atoms with E-state index in [1.165, 1.54) is 10.4 Å². The molecule has 2 heterocycles. The number of benzene rings is 1. The Bertz CT molecular complexity index is 862. The third-order valence-electron chi connectivity index (χ3n) is 6.44. The second-order valence-electron chi connectivity index (χ2n) is 8.67. The number of carbonyl (C=O) groups excluding carboxylic acids is 2. The fourth-order valence-electron chi connectivity index (χ4n) is 4.60. The van der Waals surface area contributed by atoms with E-state index in [0.717, 1.165) is 31.4 Å². The number of hydrogen-bond donors (Lipinski definition) is 1. The highest BCUT2D eigenvalue weighted by molar-refractivity contribution is 7.13. The molecule has 0 spiro atoms. The van der Waals surface area contributed by atoms with Gasteiger partial charge in [-0.3, -0.25) is 9.59 Å². The minimum atomic E-state index is -0.535. The quantitative estimate of drug-likeness (QED) is 0.769. The molecule has 1 aliphatic heterocycles. The zero-order valence-corrected chi connectivity index (χ0v) is 18.1. The van der Waals surface area contributed by atoms with E-state index >= 15 is 0 Å². The van der Waals surface area contributed by atoms with Gasteiger partial charge in [0.2, 0.25) is 11.8 Å². The Kier molecular flexibility index (Phi) is 5.77. The summed E-state index contributed by atoms with van der Waals surface area (Å²) in [6.45, 7) is 6.03. The van der Waals surface area contributed by atoms with Gasteiger partial charge < -0.3 is 10.2 Å². The molecular weight excluding hydrogens is 380 g/mol. The molecule has 1 saturated carbocycles. The van der Waals surface area contributed by atoms with Gasteiger partial charge in [-0.25, -0.2) is 0 Å². The molecule has 1 N–H and O–H groups in total. The first kappa shape index (κ1) is 20.1. The summed E-state index contributed by atoms with van der Waals surface area (Å²) in [5, 5.41) is 5.13. The molecule has 5 heteroatoms. The summed E-state index contributed by atoms with van der Waals surface area (Å²) in [6, 6.07) is 12.7. The second-order valence-corrected chi connectivity index (χ2v) is 9.62. The van der Waals surface area contributed by atoms with Gasteiger partial charge >= 0.3 is 0 Å². The lowest BCUT2D eigenvalue weighted by molar-refractivity contribution is -0.142. The number of thiophene rings is 1. The van der Waals surface area contributed by atoms with Crippen LogP contribution in [-0.2, 0) is 16.0 Å². The van der Waals surface area contributed by atoms with Crippen LogP contribution in [0.15, 0.2) is 41.8 Å². The molecule has 2 amide bonds. The number of rotatable bonds is 6. The van der Waals surface area contributed by atoms with Gasteiger partial charge in [0, 0.05) is 30.4 Å². The van der Waals surface area contributed by atoms with E-state index in [4.69, 9.17) is 0 Å². The molecule has 1 aromatic carbocycles. The summed E-state index contributed by atoms with van der Waals surface area (Å²) in [5.74, 6) is 1.00. The van der Waals surface area contributed by atoms with E-state index in [9.17, 15) is 9.59 Å². The van der Waals surface area contributed by atoms with E-state index in [2.05, 4.69) is 54.0 Å². The Hall–Kier alpha value is -2.14. The maximum Gasteiger partial charge on any atom is 0.228 e. The van der Waals surface area contributed by atoms with Crippen LogP contribution in [0.4, 0.5) is 0 Å². The summed E-state index contributed by atoms with van der Waals surface area (Å²) in [4.78, 5) is 29.2. The summed E-state index contributed by atoms with van der Waals surface area (Å²) in [6.07, 6.45) is 3.38. The van der Waals surface area contributed by atoms with E-state index < -0.39 is 5.41 Å². The molecule has 4 nitrogen and oxygen atoms in total. The van der Waals surface area contributed by atoms with Crippen molar-refractivity contribution in [3.63, 3.8) is 0 Å². The van der Waals surface area contributed by atoms with Crippen molar-refractivity contribution in [3.8, 4) is 10.4 Å². The molecular formula is C24H30N2O2S. The van der Waals surface area contributed by atoms with Gasteiger partial charge in [-0.2, -0.15) is 0 Å². The third-order valence-corrected chi connectivity index (χ3v) is 7.36. The largest absolute Gasteiger partial charge is 0.356 e. The SMILES string of the molecule is CCNC(=O)[C@]1(Cc2ccc(-c3cccs3)cc2)CCCN(C(=O)[C@@H]2C[C@H]2C)C1. The monoisotopic (exact) mass is 410 g/mol. The normalized spacial score (nSPS) is 26.2. The first-order chi connectivity index (χ1) is 14.0. The number of carbonyl (C=O) groups is 2. The lowest BCUT2D eigenvalue weighted by Crippen LogP contribution is -2.54. The third kappa shape index (κ3) is 4.25. The zero-order chi connectivity index (χ0) is 20.4. The average Bonchev–Trinajstić information content (AvgIpc) is 3.22. The Morgan fingerprint density at radius 3 is 2.62 bits per heavy atom. The van der Waals surface area contributed by atoms with Gasteiger partial charge in [0.15, 0.2) is 0 Å². The van der Waals surface area contributed by atoms with E-state index in [1.807, 2.05) is 11.8 Å². The number of nitrogens with zero attached hydrogens (tertiary/aromatic N) is 1. The minimum absolute atomic E-state index is 0.0867. The first-order valence-corrected chi connectivity index (χ1v) is 11.6. The molecule has 0 unspecified atom stereocenters. The smallest absolute Gasteiger partial charge is 0.228 e. The predicted molar refractivity (Wildman–Crippen MR) is 118 cm³/mol. The van der Waals surface area contributed by atoms with Crippen molar-refractivity contribution in [1.29, 1.82) is 0 Å². The van der Waals surface area contributed by atoms with Crippen molar-refractivity contribution < 1.29 is 9.59 Å². The maximum absolute atomic E-state index is 13.1. The molecule has 1 saturated heterocycles. The first-order valence-electron chi connectivity index (χ1n) is 10.7. The molecule has 1 aromatic heterocycles. The van der Waals surface area contributed by atoms with Gasteiger partial charge in [0.1, 0.15) is 0 Å². The lowest BCUT2D eigenvalue weighted by atomic mass is 9.74. The number of nitrogens with one attached hydrogen (secondary N) is 1. The molecule has 0 radical (unpaired) electrons. The van der Waals surface area contributed by atoms with E-state index in [-0.39, 0.29) is 17.7 Å². The number of amides is 2. The summed E-state index contributed by atoms with van der Waals surface area (Å²) >= 11 is 1.73. The molecule has 2 fully saturated rings. The van der Waals surface area contributed by atoms with Gasteiger partial charge in [-0.15, -0.1) is 11.3 Å². The van der Waals surface area contributed by atoms with Crippen LogP contribution < -0.4 is 5.32 Å². The van der Waals surface area contributed by atoms with Crippen molar-refractivity contribution in [3.05, 3.63) is 47.3 Å². The van der Waals surface area contributed by atoms with Gasteiger partial charge in [-0.1, -0.05) is 37.3 Å². The molecule has 1 aliphatic carbocycles. The molecule has 154 valence electrons. The van der Waals surface area contributed by atoms with E-state index in [1.54, 1.807) is 11.3 Å². The summed E-state index contributed by atoms with van der Waals surface area (Å²) < 4.78 is 0. The fraction of sp³-hybridized carbons (Fsp3) is 0.500. The maximum atomic E-state index is 13.1. The molecule has 3 atom stereocenters. The standard InChI is InChI=1S/C24H30N2O2S/c1-3-25-23(28)24(11-5-12-26(16-24)22(27)20-14-17(20)2)15-18-7-9-19(10-8-18)21-6-4-13-29-21/h4,6-10,13,17,20H,3,5,11-12,14-16H2,1-2H3,(H,25,28)/t17-,20-,24+/m1/s1. The number of likely N-dealkylation sites (tertiary alicyclic amines) is 1. The number of hydrogen-bond acceptors (Lipinski definition) is 3. The van der Waals surface area contributed by atoms with Crippen molar-refractivity contribution in [2.75, 3.05) is 19.6 Å². The highest BCUT2D eigenvalue weighted by Crippen LogP contribution is 2.42. The highest BCUT2D eigenvalue weighted by Gasteiger charge is 2.47. The van der Waals surface area contributed by atoms with Crippen LogP contribution >= 0.6 is 11.3 Å². The van der Waals surface area contributed by atoms with Crippen LogP contribution in [0, 0.1) is 17.3 Å². The summed E-state index contributed by atoms with van der Waals surface area (Å²) in [5.41, 5.74) is 1.83. The molecule has 2 aliphatic rings. The van der Waals surface area contributed by atoms with Crippen LogP contribution in [0.2, 0.25) is 0 Å². The Labute approximate surface area is 177 Å². The average molecular weight is 411 g/mol. The topological polar surface area (TPSA) is 49.4 Å². The molecule has 29 heavy (non-hydrogen) atoms. The minimum Gasteiger partial charge on any atom is -0.356 e.